The average Bonchev–Trinajstić information content (AvgIpc) is 1.47. The number of benzene rings is 5. The van der Waals surface area contributed by atoms with E-state index in [4.69, 9.17) is 67.2 Å². The van der Waals surface area contributed by atoms with Crippen molar-refractivity contribution in [1.29, 1.82) is 27.0 Å². The molecule has 0 bridgehead atoms. The van der Waals surface area contributed by atoms with E-state index >= 15 is 28.8 Å². The molecule has 612 valence electrons. The standard InChI is InChI=1S/C78H106N28O9/c79-52(25-13-33-91-74(81)82)66(108)100-57(30-15-35-93-76(85)86)68(110)103-61(39-47-42-97-54-27-11-8-23-50(47)54)71(113)105-60(38-46-41-96-53-26-10-7-22-49(46)53)70(112)102-58(31-16-36-94-77(87)88)67(109)101-59(32-17-37-95-78(89)90)69(111)104-62(40-48-43-98-55-28-12-9-24-51(48)55)72(114)106-64(73(115)99-56(65(80)107)29-14-34-92-75(83)84)63(44-18-3-1-4-19-44)45-20-5-2-6-21-45/h1-12,18-24,26-28,41-43,52,56-64,96-98H,13-17,25,29-40,79H2,(H2,80,107)(H,99,115)(H,100,108)(H,101,109)(H,102,112)(H,103,110)(H,104,111)(H,105,113)(H,106,114)(H4,81,82,91)(H4,83,84,92)(H4,85,86,93)(H4,87,88,94)(H4,89,90,95)/t52-,56-,57-,58-,59-,60-,61-,62-,64-/m0/s1. The maximum atomic E-state index is 15.7. The van der Waals surface area contributed by atoms with Gasteiger partial charge >= 0.3 is 0 Å². The van der Waals surface area contributed by atoms with Gasteiger partial charge in [-0.15, -0.1) is 0 Å². The molecule has 115 heavy (non-hydrogen) atoms. The molecule has 0 aliphatic carbocycles. The number of aromatic nitrogens is 3. The Hall–Kier alpha value is -13.7. The van der Waals surface area contributed by atoms with Crippen LogP contribution < -0.4 is 109 Å². The summed E-state index contributed by atoms with van der Waals surface area (Å²) in [5, 5.41) is 76.8. The lowest BCUT2D eigenvalue weighted by molar-refractivity contribution is -0.136. The number of aromatic amines is 3. The fourth-order valence-electron chi connectivity index (χ4n) is 13.4. The Morgan fingerprint density at radius 1 is 0.304 bits per heavy atom. The summed E-state index contributed by atoms with van der Waals surface area (Å²) in [6.45, 7) is 0.554. The van der Waals surface area contributed by atoms with Crippen LogP contribution in [0.4, 0.5) is 0 Å². The number of nitrogens with two attached hydrogens (primary N) is 7. The van der Waals surface area contributed by atoms with Crippen molar-refractivity contribution in [3.05, 3.63) is 180 Å². The van der Waals surface area contributed by atoms with Gasteiger partial charge in [0.25, 0.3) is 0 Å². The van der Waals surface area contributed by atoms with Gasteiger partial charge in [0, 0.05) is 109 Å². The Morgan fingerprint density at radius 2 is 0.565 bits per heavy atom. The van der Waals surface area contributed by atoms with E-state index < -0.39 is 125 Å². The quantitative estimate of drug-likeness (QED) is 0.0124. The number of amides is 9. The predicted molar refractivity (Wildman–Crippen MR) is 439 cm³/mol. The van der Waals surface area contributed by atoms with Crippen molar-refractivity contribution in [3.8, 4) is 0 Å². The van der Waals surface area contributed by atoms with E-state index in [-0.39, 0.29) is 128 Å². The number of hydrogen-bond acceptors (Lipinski definition) is 15. The van der Waals surface area contributed by atoms with Crippen molar-refractivity contribution in [2.45, 2.75) is 144 Å². The smallest absolute Gasteiger partial charge is 0.244 e. The normalized spacial score (nSPS) is 13.5. The van der Waals surface area contributed by atoms with E-state index in [1.54, 1.807) is 110 Å². The summed E-state index contributed by atoms with van der Waals surface area (Å²) in [5.41, 5.74) is 45.1. The topological polar surface area (TPSA) is 659 Å². The molecule has 35 N–H and O–H groups in total. The second-order valence-electron chi connectivity index (χ2n) is 27.8. The number of fused-ring (bicyclic) bond motifs is 3. The van der Waals surface area contributed by atoms with E-state index in [9.17, 15) is 14.4 Å². The molecule has 0 saturated heterocycles. The summed E-state index contributed by atoms with van der Waals surface area (Å²) in [6.07, 6.45) is 4.98. The minimum atomic E-state index is -1.56. The number of carbonyl (C=O) groups excluding carboxylic acids is 9. The van der Waals surface area contributed by atoms with E-state index in [1.165, 1.54) is 0 Å². The molecule has 5 aromatic carbocycles. The minimum absolute atomic E-state index is 0.00691. The highest BCUT2D eigenvalue weighted by Gasteiger charge is 2.39. The molecular formula is C78H106N28O9. The molecule has 0 saturated carbocycles. The molecule has 0 aliphatic heterocycles. The van der Waals surface area contributed by atoms with Crippen LogP contribution >= 0.6 is 0 Å². The van der Waals surface area contributed by atoms with Crippen LogP contribution in [-0.4, -0.2) is 185 Å². The number of primary amides is 1. The molecule has 0 fully saturated rings. The zero-order valence-corrected chi connectivity index (χ0v) is 63.7. The molecule has 37 nitrogen and oxygen atoms in total. The average molecular weight is 1580 g/mol. The van der Waals surface area contributed by atoms with Gasteiger partial charge in [-0.3, -0.25) is 70.2 Å². The molecule has 8 aromatic rings. The zero-order valence-electron chi connectivity index (χ0n) is 63.7. The van der Waals surface area contributed by atoms with E-state index in [0.29, 0.717) is 66.9 Å². The highest BCUT2D eigenvalue weighted by Crippen LogP contribution is 2.30. The third-order valence-electron chi connectivity index (χ3n) is 19.3. The number of hydrogen-bond donors (Lipinski definition) is 28. The highest BCUT2D eigenvalue weighted by atomic mass is 16.2. The molecule has 0 spiro atoms. The van der Waals surface area contributed by atoms with Gasteiger partial charge in [0.2, 0.25) is 53.2 Å². The lowest BCUT2D eigenvalue weighted by atomic mass is 9.84. The van der Waals surface area contributed by atoms with Crippen LogP contribution in [0.25, 0.3) is 32.7 Å². The van der Waals surface area contributed by atoms with Gasteiger partial charge in [-0.1, -0.05) is 115 Å². The van der Waals surface area contributed by atoms with Gasteiger partial charge in [0.1, 0.15) is 48.3 Å². The number of guanidine groups is 5. The van der Waals surface area contributed by atoms with Crippen LogP contribution in [0.15, 0.2) is 152 Å². The number of para-hydroxylation sites is 3. The Bertz CT molecular complexity index is 4640. The number of nitrogens with one attached hydrogen (secondary N) is 21. The monoisotopic (exact) mass is 1580 g/mol. The second kappa shape index (κ2) is 43.8. The maximum Gasteiger partial charge on any atom is 0.244 e. The number of rotatable bonds is 46. The van der Waals surface area contributed by atoms with Gasteiger partial charge in [-0.05, 0) is 110 Å². The van der Waals surface area contributed by atoms with Crippen molar-refractivity contribution >= 4 is 116 Å². The first-order valence-electron chi connectivity index (χ1n) is 37.9. The molecule has 0 unspecified atom stereocenters. The van der Waals surface area contributed by atoms with Gasteiger partial charge in [-0.2, -0.15) is 0 Å². The fraction of sp³-hybridized carbons (Fsp3) is 0.359. The molecule has 9 atom stereocenters. The van der Waals surface area contributed by atoms with Crippen LogP contribution in [0, 0.1) is 27.0 Å². The summed E-state index contributed by atoms with van der Waals surface area (Å²) >= 11 is 0. The summed E-state index contributed by atoms with van der Waals surface area (Å²) < 4.78 is 0. The first kappa shape index (κ1) is 86.8. The Kier molecular flexibility index (Phi) is 33.0. The minimum Gasteiger partial charge on any atom is -0.370 e. The Morgan fingerprint density at radius 3 is 0.887 bits per heavy atom. The lowest BCUT2D eigenvalue weighted by Crippen LogP contribution is -2.61. The Balaban J connectivity index is 1.14. The molecule has 8 rings (SSSR count). The molecular weight excluding hydrogens is 1470 g/mol. The van der Waals surface area contributed by atoms with Crippen molar-refractivity contribution in [2.75, 3.05) is 32.7 Å². The highest BCUT2D eigenvalue weighted by molar-refractivity contribution is 6.00. The predicted octanol–water partition coefficient (Wildman–Crippen LogP) is -1.00. The van der Waals surface area contributed by atoms with E-state index in [0.717, 1.165) is 0 Å². The third kappa shape index (κ3) is 27.0. The van der Waals surface area contributed by atoms with Crippen LogP contribution in [-0.2, 0) is 62.4 Å². The van der Waals surface area contributed by atoms with Crippen molar-refractivity contribution in [3.63, 3.8) is 0 Å². The van der Waals surface area contributed by atoms with Gasteiger partial charge in [-0.25, -0.2) is 0 Å². The second-order valence-corrected chi connectivity index (χ2v) is 27.8. The van der Waals surface area contributed by atoms with Gasteiger partial charge in [0.15, 0.2) is 29.8 Å². The summed E-state index contributed by atoms with van der Waals surface area (Å²) in [6, 6.07) is 26.4. The van der Waals surface area contributed by atoms with Crippen molar-refractivity contribution in [2.24, 2.45) is 40.1 Å². The van der Waals surface area contributed by atoms with Crippen molar-refractivity contribution < 1.29 is 43.2 Å². The fourth-order valence-corrected chi connectivity index (χ4v) is 13.4. The molecule has 0 aliphatic rings. The SMILES string of the molecule is N=C(N)NCCC[C@H](NC(=O)[C@@H](NC(=O)[C@H](Cc1c[nH]c2ccccc12)NC(=O)[C@H](CCCNC(=N)N)NC(=O)[C@H](CCCNC(=N)N)NC(=O)[C@H](Cc1c[nH]c2ccccc12)NC(=O)[C@H](Cc1c[nH]c2ccccc12)NC(=O)[C@H](CCCNC(=N)N)NC(=O)[C@@H](N)CCCNC(=N)N)C(c1ccccc1)c1ccccc1)C(N)=O. The van der Waals surface area contributed by atoms with E-state index in [1.807, 2.05) is 42.5 Å². The van der Waals surface area contributed by atoms with Crippen LogP contribution in [0.5, 0.6) is 0 Å². The Labute approximate surface area is 663 Å². The molecule has 9 amide bonds. The zero-order chi connectivity index (χ0) is 82.9. The molecule has 0 radical (unpaired) electrons. The van der Waals surface area contributed by atoms with Gasteiger partial charge in [0.05, 0.1) is 6.04 Å². The first-order valence-corrected chi connectivity index (χ1v) is 37.9. The lowest BCUT2D eigenvalue weighted by Gasteiger charge is -2.31. The number of carbonyl (C=O) groups is 9. The molecule has 37 heteroatoms. The molecule has 3 heterocycles. The van der Waals surface area contributed by atoms with E-state index in [2.05, 4.69) is 84.1 Å². The summed E-state index contributed by atoms with van der Waals surface area (Å²) in [7, 11) is 0. The molecule has 3 aromatic heterocycles. The van der Waals surface area contributed by atoms with Crippen molar-refractivity contribution in [1.82, 2.24) is 84.1 Å². The summed E-state index contributed by atoms with van der Waals surface area (Å²) in [4.78, 5) is 145. The first-order chi connectivity index (χ1) is 55.2. The summed E-state index contributed by atoms with van der Waals surface area (Å²) in [5.74, 6) is -10.4. The van der Waals surface area contributed by atoms with Crippen LogP contribution in [0.2, 0.25) is 0 Å². The number of H-pyrrole nitrogens is 3. The third-order valence-corrected chi connectivity index (χ3v) is 19.3. The van der Waals surface area contributed by atoms with Crippen LogP contribution in [0.3, 0.4) is 0 Å². The largest absolute Gasteiger partial charge is 0.370 e. The van der Waals surface area contributed by atoms with Gasteiger partial charge < -0.3 is 124 Å². The van der Waals surface area contributed by atoms with Crippen LogP contribution in [0.1, 0.15) is 97.9 Å². The maximum absolute atomic E-state index is 15.7.